The van der Waals surface area contributed by atoms with Crippen LogP contribution in [0, 0.1) is 12.8 Å². The summed E-state index contributed by atoms with van der Waals surface area (Å²) < 4.78 is 1.75. The summed E-state index contributed by atoms with van der Waals surface area (Å²) >= 11 is 1.44. The molecule has 30 heavy (non-hydrogen) atoms. The molecule has 0 unspecified atom stereocenters. The maximum Gasteiger partial charge on any atom is 0.260 e. The molecule has 0 saturated heterocycles. The molecule has 1 aliphatic rings. The number of amides is 2. The van der Waals surface area contributed by atoms with Gasteiger partial charge in [0.25, 0.3) is 5.91 Å². The molecule has 1 aliphatic heterocycles. The summed E-state index contributed by atoms with van der Waals surface area (Å²) in [4.78, 5) is 32.7. The molecule has 0 spiro atoms. The van der Waals surface area contributed by atoms with Crippen LogP contribution in [0.25, 0.3) is 5.69 Å². The maximum absolute atomic E-state index is 12.8. The van der Waals surface area contributed by atoms with Gasteiger partial charge in [-0.2, -0.15) is 5.10 Å². The van der Waals surface area contributed by atoms with Gasteiger partial charge < -0.3 is 4.90 Å². The first-order chi connectivity index (χ1) is 14.4. The van der Waals surface area contributed by atoms with Crippen molar-refractivity contribution in [3.05, 3.63) is 58.4 Å². The van der Waals surface area contributed by atoms with Crippen molar-refractivity contribution in [3.8, 4) is 5.69 Å². The monoisotopic (exact) mass is 423 g/mol. The number of nitrogens with zero attached hydrogens (tertiary/aromatic N) is 4. The zero-order valence-electron chi connectivity index (χ0n) is 17.4. The SMILES string of the molecule is Cc1c(C(=O)Nc2nc3c(s2)CN(C(=O)CC(C)C)CC3)cnn1-c1ccccc1. The average Bonchev–Trinajstić information content (AvgIpc) is 3.30. The van der Waals surface area contributed by atoms with Crippen molar-refractivity contribution in [2.24, 2.45) is 5.92 Å². The Morgan fingerprint density at radius 3 is 2.73 bits per heavy atom. The molecule has 1 aromatic carbocycles. The van der Waals surface area contributed by atoms with Crippen molar-refractivity contribution in [2.45, 2.75) is 40.2 Å². The van der Waals surface area contributed by atoms with Gasteiger partial charge in [0.1, 0.15) is 0 Å². The van der Waals surface area contributed by atoms with Crippen molar-refractivity contribution in [1.29, 1.82) is 0 Å². The highest BCUT2D eigenvalue weighted by atomic mass is 32.1. The molecule has 4 rings (SSSR count). The number of rotatable bonds is 5. The molecule has 2 amide bonds. The zero-order valence-corrected chi connectivity index (χ0v) is 18.2. The predicted molar refractivity (Wildman–Crippen MR) is 117 cm³/mol. The molecule has 7 nitrogen and oxygen atoms in total. The number of benzene rings is 1. The number of para-hydroxylation sites is 1. The van der Waals surface area contributed by atoms with E-state index in [1.54, 1.807) is 10.9 Å². The van der Waals surface area contributed by atoms with Gasteiger partial charge in [-0.25, -0.2) is 9.67 Å². The van der Waals surface area contributed by atoms with Crippen LogP contribution in [-0.2, 0) is 17.8 Å². The number of nitrogens with one attached hydrogen (secondary N) is 1. The molecular formula is C22H25N5O2S. The van der Waals surface area contributed by atoms with Gasteiger partial charge in [-0.05, 0) is 25.0 Å². The Balaban J connectivity index is 1.47. The van der Waals surface area contributed by atoms with Crippen LogP contribution < -0.4 is 5.32 Å². The first-order valence-electron chi connectivity index (χ1n) is 10.1. The largest absolute Gasteiger partial charge is 0.337 e. The Kier molecular flexibility index (Phi) is 5.67. The lowest BCUT2D eigenvalue weighted by atomic mass is 10.1. The van der Waals surface area contributed by atoms with Crippen LogP contribution in [0.4, 0.5) is 5.13 Å². The van der Waals surface area contributed by atoms with Gasteiger partial charge in [-0.1, -0.05) is 43.4 Å². The Hall–Kier alpha value is -3.00. The summed E-state index contributed by atoms with van der Waals surface area (Å²) in [5, 5.41) is 7.84. The summed E-state index contributed by atoms with van der Waals surface area (Å²) in [5.74, 6) is 0.294. The van der Waals surface area contributed by atoms with Crippen LogP contribution in [0.1, 0.15) is 46.9 Å². The Labute approximate surface area is 179 Å². The number of anilines is 1. The van der Waals surface area contributed by atoms with Crippen molar-refractivity contribution in [2.75, 3.05) is 11.9 Å². The lowest BCUT2D eigenvalue weighted by Gasteiger charge is -2.26. The Bertz CT molecular complexity index is 1070. The van der Waals surface area contributed by atoms with Crippen LogP contribution in [0.2, 0.25) is 0 Å². The van der Waals surface area contributed by atoms with E-state index in [1.165, 1.54) is 11.3 Å². The molecule has 0 atom stereocenters. The van der Waals surface area contributed by atoms with E-state index in [4.69, 9.17) is 0 Å². The molecule has 0 aliphatic carbocycles. The molecule has 0 fully saturated rings. The van der Waals surface area contributed by atoms with Crippen LogP contribution in [0.15, 0.2) is 36.5 Å². The van der Waals surface area contributed by atoms with E-state index < -0.39 is 0 Å². The fourth-order valence-corrected chi connectivity index (χ4v) is 4.59. The first-order valence-corrected chi connectivity index (χ1v) is 10.9. The Morgan fingerprint density at radius 1 is 1.23 bits per heavy atom. The number of aromatic nitrogens is 3. The van der Waals surface area contributed by atoms with Crippen molar-refractivity contribution in [3.63, 3.8) is 0 Å². The smallest absolute Gasteiger partial charge is 0.260 e. The predicted octanol–water partition coefficient (Wildman–Crippen LogP) is 3.82. The molecule has 0 saturated carbocycles. The fourth-order valence-electron chi connectivity index (χ4n) is 3.57. The highest BCUT2D eigenvalue weighted by Gasteiger charge is 2.25. The second-order valence-electron chi connectivity index (χ2n) is 7.90. The highest BCUT2D eigenvalue weighted by Crippen LogP contribution is 2.29. The summed E-state index contributed by atoms with van der Waals surface area (Å²) in [6.07, 6.45) is 2.86. The van der Waals surface area contributed by atoms with Crippen molar-refractivity contribution < 1.29 is 9.59 Å². The van der Waals surface area contributed by atoms with Crippen LogP contribution in [0.5, 0.6) is 0 Å². The van der Waals surface area contributed by atoms with Gasteiger partial charge in [0.15, 0.2) is 5.13 Å². The first kappa shape index (κ1) is 20.3. The van der Waals surface area contributed by atoms with E-state index in [0.29, 0.717) is 36.1 Å². The van der Waals surface area contributed by atoms with E-state index in [9.17, 15) is 9.59 Å². The summed E-state index contributed by atoms with van der Waals surface area (Å²) in [6.45, 7) is 7.23. The fraction of sp³-hybridized carbons (Fsp3) is 0.364. The van der Waals surface area contributed by atoms with E-state index >= 15 is 0 Å². The molecule has 3 heterocycles. The molecule has 2 aromatic heterocycles. The summed E-state index contributed by atoms with van der Waals surface area (Å²) in [6, 6.07) is 9.71. The summed E-state index contributed by atoms with van der Waals surface area (Å²) in [7, 11) is 0. The molecule has 8 heteroatoms. The molecule has 0 radical (unpaired) electrons. The third-order valence-corrected chi connectivity index (χ3v) is 6.14. The molecule has 1 N–H and O–H groups in total. The molecule has 156 valence electrons. The summed E-state index contributed by atoms with van der Waals surface area (Å²) in [5.41, 5.74) is 3.16. The zero-order chi connectivity index (χ0) is 21.3. The van der Waals surface area contributed by atoms with Crippen LogP contribution >= 0.6 is 11.3 Å². The molecule has 3 aromatic rings. The minimum absolute atomic E-state index is 0.179. The number of fused-ring (bicyclic) bond motifs is 1. The second kappa shape index (κ2) is 8.39. The van der Waals surface area contributed by atoms with Gasteiger partial charge >= 0.3 is 0 Å². The van der Waals surface area contributed by atoms with E-state index in [1.807, 2.05) is 42.2 Å². The number of hydrogen-bond donors (Lipinski definition) is 1. The number of carbonyl (C=O) groups is 2. The van der Waals surface area contributed by atoms with Gasteiger partial charge in [0.05, 0.1) is 35.4 Å². The van der Waals surface area contributed by atoms with Gasteiger partial charge in [0, 0.05) is 24.3 Å². The quantitative estimate of drug-likeness (QED) is 0.677. The standard InChI is InChI=1S/C22H25N5O2S/c1-14(2)11-20(28)26-10-9-18-19(13-26)30-22(24-18)25-21(29)17-12-23-27(15(17)3)16-7-5-4-6-8-16/h4-8,12,14H,9-11,13H2,1-3H3,(H,24,25,29). The lowest BCUT2D eigenvalue weighted by molar-refractivity contribution is -0.132. The minimum Gasteiger partial charge on any atom is -0.337 e. The van der Waals surface area contributed by atoms with Crippen molar-refractivity contribution in [1.82, 2.24) is 19.7 Å². The average molecular weight is 424 g/mol. The van der Waals surface area contributed by atoms with E-state index in [2.05, 4.69) is 29.2 Å². The van der Waals surface area contributed by atoms with Crippen LogP contribution in [-0.4, -0.2) is 38.0 Å². The third kappa shape index (κ3) is 4.14. The van der Waals surface area contributed by atoms with Crippen LogP contribution in [0.3, 0.4) is 0 Å². The molecular weight excluding hydrogens is 398 g/mol. The third-order valence-electron chi connectivity index (χ3n) is 5.14. The highest BCUT2D eigenvalue weighted by molar-refractivity contribution is 7.15. The lowest BCUT2D eigenvalue weighted by Crippen LogP contribution is -2.36. The normalized spacial score (nSPS) is 13.4. The van der Waals surface area contributed by atoms with E-state index in [-0.39, 0.29) is 11.8 Å². The number of thiazole rings is 1. The topological polar surface area (TPSA) is 80.1 Å². The number of hydrogen-bond acceptors (Lipinski definition) is 5. The van der Waals surface area contributed by atoms with Gasteiger partial charge in [-0.3, -0.25) is 14.9 Å². The second-order valence-corrected chi connectivity index (χ2v) is 8.98. The van der Waals surface area contributed by atoms with Gasteiger partial charge in [-0.15, -0.1) is 0 Å². The Morgan fingerprint density at radius 2 is 2.00 bits per heavy atom. The van der Waals surface area contributed by atoms with E-state index in [0.717, 1.165) is 28.4 Å². The maximum atomic E-state index is 12.8. The molecule has 0 bridgehead atoms. The van der Waals surface area contributed by atoms with Crippen molar-refractivity contribution >= 4 is 28.3 Å². The minimum atomic E-state index is -0.228. The van der Waals surface area contributed by atoms with Gasteiger partial charge in [0.2, 0.25) is 5.91 Å². The number of carbonyl (C=O) groups excluding carboxylic acids is 2.